The Morgan fingerprint density at radius 3 is 2.84 bits per heavy atom. The van der Waals surface area contributed by atoms with Crippen molar-refractivity contribution in [3.8, 4) is 0 Å². The Morgan fingerprint density at radius 2 is 2.00 bits per heavy atom. The van der Waals surface area contributed by atoms with Crippen LogP contribution in [0.4, 0.5) is 0 Å². The number of aromatic nitrogens is 3. The fourth-order valence-electron chi connectivity index (χ4n) is 3.26. The van der Waals surface area contributed by atoms with Gasteiger partial charge in [-0.15, -0.1) is 0 Å². The maximum absolute atomic E-state index is 13.1. The molecule has 1 aliphatic heterocycles. The molecule has 0 radical (unpaired) electrons. The van der Waals surface area contributed by atoms with Gasteiger partial charge >= 0.3 is 0 Å². The number of para-hydroxylation sites is 1. The third kappa shape index (κ3) is 2.53. The minimum Gasteiger partial charge on any atom is -0.357 e. The summed E-state index contributed by atoms with van der Waals surface area (Å²) >= 11 is 0. The van der Waals surface area contributed by atoms with E-state index in [1.165, 1.54) is 0 Å². The van der Waals surface area contributed by atoms with Gasteiger partial charge in [0.05, 0.1) is 29.9 Å². The van der Waals surface area contributed by atoms with E-state index in [9.17, 15) is 9.59 Å². The molecule has 0 aliphatic carbocycles. The SMILES string of the molecule is CNC(=O)C1CN(C(=O)c2ccnc3ccccc23)Cc2ccnn21. The van der Waals surface area contributed by atoms with Crippen LogP contribution in [0.1, 0.15) is 22.1 Å². The minimum absolute atomic E-state index is 0.111. The number of benzene rings is 1. The van der Waals surface area contributed by atoms with E-state index in [2.05, 4.69) is 15.4 Å². The topological polar surface area (TPSA) is 80.1 Å². The van der Waals surface area contributed by atoms with Crippen molar-refractivity contribution >= 4 is 22.7 Å². The van der Waals surface area contributed by atoms with Crippen molar-refractivity contribution in [2.45, 2.75) is 12.6 Å². The zero-order valence-corrected chi connectivity index (χ0v) is 13.7. The molecule has 1 aliphatic rings. The highest BCUT2D eigenvalue weighted by molar-refractivity contribution is 6.06. The molecule has 1 unspecified atom stereocenters. The number of fused-ring (bicyclic) bond motifs is 2. The first-order valence-electron chi connectivity index (χ1n) is 8.06. The molecule has 0 saturated carbocycles. The molecule has 25 heavy (non-hydrogen) atoms. The third-order valence-electron chi connectivity index (χ3n) is 4.51. The molecule has 7 heteroatoms. The number of carbonyl (C=O) groups excluding carboxylic acids is 2. The molecule has 0 bridgehead atoms. The van der Waals surface area contributed by atoms with E-state index in [0.29, 0.717) is 12.1 Å². The number of rotatable bonds is 2. The molecule has 2 amide bonds. The molecule has 4 rings (SSSR count). The van der Waals surface area contributed by atoms with Crippen molar-refractivity contribution in [2.24, 2.45) is 0 Å². The average molecular weight is 335 g/mol. The molecule has 3 heterocycles. The molecular weight excluding hydrogens is 318 g/mol. The quantitative estimate of drug-likeness (QED) is 0.767. The van der Waals surface area contributed by atoms with E-state index < -0.39 is 6.04 Å². The van der Waals surface area contributed by atoms with Gasteiger partial charge in [0.25, 0.3) is 5.91 Å². The Hall–Kier alpha value is -3.22. The highest BCUT2D eigenvalue weighted by atomic mass is 16.2. The lowest BCUT2D eigenvalue weighted by atomic mass is 10.1. The largest absolute Gasteiger partial charge is 0.357 e. The predicted molar refractivity (Wildman–Crippen MR) is 91.8 cm³/mol. The first-order valence-corrected chi connectivity index (χ1v) is 8.06. The van der Waals surface area contributed by atoms with Crippen LogP contribution >= 0.6 is 0 Å². The summed E-state index contributed by atoms with van der Waals surface area (Å²) in [5.41, 5.74) is 2.21. The molecular formula is C18H17N5O2. The summed E-state index contributed by atoms with van der Waals surface area (Å²) in [6.07, 6.45) is 3.29. The van der Waals surface area contributed by atoms with E-state index in [4.69, 9.17) is 0 Å². The summed E-state index contributed by atoms with van der Waals surface area (Å²) in [4.78, 5) is 31.4. The summed E-state index contributed by atoms with van der Waals surface area (Å²) in [5, 5.41) is 7.69. The number of hydrogen-bond donors (Lipinski definition) is 1. The van der Waals surface area contributed by atoms with Gasteiger partial charge in [-0.05, 0) is 18.2 Å². The van der Waals surface area contributed by atoms with Crippen molar-refractivity contribution in [3.63, 3.8) is 0 Å². The Morgan fingerprint density at radius 1 is 1.16 bits per heavy atom. The predicted octanol–water partition coefficient (Wildman–Crippen LogP) is 1.37. The number of nitrogens with zero attached hydrogens (tertiary/aromatic N) is 4. The molecule has 7 nitrogen and oxygen atoms in total. The van der Waals surface area contributed by atoms with E-state index in [1.54, 1.807) is 35.1 Å². The maximum Gasteiger partial charge on any atom is 0.255 e. The highest BCUT2D eigenvalue weighted by Gasteiger charge is 2.33. The van der Waals surface area contributed by atoms with Crippen LogP contribution in [0.3, 0.4) is 0 Å². The van der Waals surface area contributed by atoms with Gasteiger partial charge in [0.2, 0.25) is 5.91 Å². The van der Waals surface area contributed by atoms with Gasteiger partial charge in [-0.3, -0.25) is 19.3 Å². The zero-order chi connectivity index (χ0) is 17.4. The number of amides is 2. The van der Waals surface area contributed by atoms with Crippen molar-refractivity contribution < 1.29 is 9.59 Å². The molecule has 1 atom stereocenters. The minimum atomic E-state index is -0.527. The Balaban J connectivity index is 1.72. The zero-order valence-electron chi connectivity index (χ0n) is 13.7. The molecule has 1 N–H and O–H groups in total. The van der Waals surface area contributed by atoms with Gasteiger partial charge in [-0.2, -0.15) is 5.10 Å². The number of carbonyl (C=O) groups is 2. The number of likely N-dealkylation sites (N-methyl/N-ethyl adjacent to an activating group) is 1. The van der Waals surface area contributed by atoms with E-state index in [-0.39, 0.29) is 18.4 Å². The van der Waals surface area contributed by atoms with Crippen LogP contribution in [0.25, 0.3) is 10.9 Å². The van der Waals surface area contributed by atoms with Crippen LogP contribution in [0.2, 0.25) is 0 Å². The van der Waals surface area contributed by atoms with Crippen LogP contribution < -0.4 is 5.32 Å². The van der Waals surface area contributed by atoms with Gasteiger partial charge < -0.3 is 10.2 Å². The van der Waals surface area contributed by atoms with Crippen LogP contribution in [-0.4, -0.2) is 45.1 Å². The fourth-order valence-corrected chi connectivity index (χ4v) is 3.26. The van der Waals surface area contributed by atoms with Gasteiger partial charge in [0, 0.05) is 24.8 Å². The Kier molecular flexibility index (Phi) is 3.68. The molecule has 1 aromatic carbocycles. The van der Waals surface area contributed by atoms with E-state index in [0.717, 1.165) is 16.6 Å². The Bertz CT molecular complexity index is 960. The summed E-state index contributed by atoms with van der Waals surface area (Å²) in [5.74, 6) is -0.276. The van der Waals surface area contributed by atoms with Crippen LogP contribution in [0.5, 0.6) is 0 Å². The van der Waals surface area contributed by atoms with E-state index >= 15 is 0 Å². The third-order valence-corrected chi connectivity index (χ3v) is 4.51. The first kappa shape index (κ1) is 15.3. The van der Waals surface area contributed by atoms with E-state index in [1.807, 2.05) is 30.3 Å². The first-order chi connectivity index (χ1) is 12.2. The molecule has 0 fully saturated rings. The van der Waals surface area contributed by atoms with Crippen molar-refractivity contribution in [1.82, 2.24) is 25.0 Å². The second kappa shape index (κ2) is 6.01. The van der Waals surface area contributed by atoms with Crippen LogP contribution in [0.15, 0.2) is 48.8 Å². The summed E-state index contributed by atoms with van der Waals surface area (Å²) < 4.78 is 1.69. The lowest BCUT2D eigenvalue weighted by Gasteiger charge is -2.33. The summed E-state index contributed by atoms with van der Waals surface area (Å²) in [7, 11) is 1.59. The molecule has 0 spiro atoms. The summed E-state index contributed by atoms with van der Waals surface area (Å²) in [6, 6.07) is 10.6. The average Bonchev–Trinajstić information content (AvgIpc) is 3.14. The summed E-state index contributed by atoms with van der Waals surface area (Å²) in [6.45, 7) is 0.701. The number of nitrogens with one attached hydrogen (secondary N) is 1. The van der Waals surface area contributed by atoms with Crippen LogP contribution in [0, 0.1) is 0 Å². The smallest absolute Gasteiger partial charge is 0.255 e. The fraction of sp³-hybridized carbons (Fsp3) is 0.222. The molecule has 2 aromatic heterocycles. The number of pyridine rings is 1. The highest BCUT2D eigenvalue weighted by Crippen LogP contribution is 2.24. The van der Waals surface area contributed by atoms with Gasteiger partial charge in [0.15, 0.2) is 0 Å². The van der Waals surface area contributed by atoms with Gasteiger partial charge in [-0.25, -0.2) is 0 Å². The Labute approximate surface area is 144 Å². The van der Waals surface area contributed by atoms with Crippen molar-refractivity contribution in [3.05, 3.63) is 60.0 Å². The monoisotopic (exact) mass is 335 g/mol. The molecule has 126 valence electrons. The van der Waals surface area contributed by atoms with Crippen LogP contribution in [-0.2, 0) is 11.3 Å². The number of hydrogen-bond acceptors (Lipinski definition) is 4. The second-order valence-corrected chi connectivity index (χ2v) is 5.96. The van der Waals surface area contributed by atoms with Crippen molar-refractivity contribution in [2.75, 3.05) is 13.6 Å². The molecule has 0 saturated heterocycles. The lowest BCUT2D eigenvalue weighted by molar-refractivity contribution is -0.125. The van der Waals surface area contributed by atoms with Gasteiger partial charge in [0.1, 0.15) is 6.04 Å². The standard InChI is InChI=1S/C18H17N5O2/c1-19-17(24)16-11-22(10-12-6-9-21-23(12)16)18(25)14-7-8-20-15-5-3-2-4-13(14)15/h2-9,16H,10-11H2,1H3,(H,19,24). The normalized spacial score (nSPS) is 16.5. The lowest BCUT2D eigenvalue weighted by Crippen LogP contribution is -2.46. The van der Waals surface area contributed by atoms with Crippen molar-refractivity contribution in [1.29, 1.82) is 0 Å². The maximum atomic E-state index is 13.1. The second-order valence-electron chi connectivity index (χ2n) is 5.96. The molecule has 3 aromatic rings. The van der Waals surface area contributed by atoms with Gasteiger partial charge in [-0.1, -0.05) is 18.2 Å².